The Hall–Kier alpha value is -2.88. The monoisotopic (exact) mass is 400 g/mol. The van der Waals surface area contributed by atoms with Gasteiger partial charge in [0, 0.05) is 24.4 Å². The molecule has 146 valence electrons. The van der Waals surface area contributed by atoms with Gasteiger partial charge in [-0.05, 0) is 25.5 Å². The first kappa shape index (κ1) is 18.5. The van der Waals surface area contributed by atoms with Crippen LogP contribution in [0.4, 0.5) is 17.6 Å². The Morgan fingerprint density at radius 2 is 2.11 bits per heavy atom. The molecule has 2 saturated heterocycles. The molecule has 10 heteroatoms. The van der Waals surface area contributed by atoms with Gasteiger partial charge < -0.3 is 20.7 Å². The van der Waals surface area contributed by atoms with Crippen molar-refractivity contribution < 1.29 is 14.3 Å². The molecule has 0 radical (unpaired) electrons. The Morgan fingerprint density at radius 1 is 1.32 bits per heavy atom. The van der Waals surface area contributed by atoms with Gasteiger partial charge in [-0.2, -0.15) is 15.0 Å². The maximum Gasteiger partial charge on any atom is 0.343 e. The van der Waals surface area contributed by atoms with Crippen LogP contribution in [0.5, 0.6) is 0 Å². The number of carbonyl (C=O) groups excluding carboxylic acids is 2. The molecule has 1 aromatic carbocycles. The summed E-state index contributed by atoms with van der Waals surface area (Å²) in [6.07, 6.45) is 0.834. The van der Waals surface area contributed by atoms with Gasteiger partial charge in [-0.1, -0.05) is 17.7 Å². The summed E-state index contributed by atoms with van der Waals surface area (Å²) in [6, 6.07) is 7.72. The number of esters is 1. The smallest absolute Gasteiger partial charge is 0.343 e. The van der Waals surface area contributed by atoms with Crippen molar-refractivity contribution in [2.75, 3.05) is 23.3 Å². The maximum atomic E-state index is 12.7. The lowest BCUT2D eigenvalue weighted by Crippen LogP contribution is -2.46. The number of fused-ring (bicyclic) bond motifs is 1. The number of thioether (sulfide) groups is 1. The van der Waals surface area contributed by atoms with Crippen LogP contribution in [-0.4, -0.2) is 48.9 Å². The van der Waals surface area contributed by atoms with E-state index in [9.17, 15) is 9.59 Å². The molecule has 0 bridgehead atoms. The van der Waals surface area contributed by atoms with E-state index in [1.165, 1.54) is 11.8 Å². The van der Waals surface area contributed by atoms with Crippen LogP contribution >= 0.6 is 11.8 Å². The van der Waals surface area contributed by atoms with Crippen molar-refractivity contribution in [3.05, 3.63) is 35.7 Å². The molecule has 2 aromatic rings. The number of nitrogens with two attached hydrogens (primary N) is 1. The van der Waals surface area contributed by atoms with E-state index < -0.39 is 10.8 Å². The fraction of sp³-hybridized carbons (Fsp3) is 0.389. The van der Waals surface area contributed by atoms with Crippen molar-refractivity contribution in [1.82, 2.24) is 19.9 Å². The highest BCUT2D eigenvalue weighted by Crippen LogP contribution is 2.45. The SMILES string of the molecule is Cc1ccc(Nc2nc(N)nc(COC(=O)[C@]34CCC(=O)N3CCS4)n2)cc1. The molecule has 1 aromatic heterocycles. The van der Waals surface area contributed by atoms with Crippen LogP contribution < -0.4 is 11.1 Å². The van der Waals surface area contributed by atoms with Gasteiger partial charge in [0.2, 0.25) is 17.8 Å². The number of carbonyl (C=O) groups is 2. The second-order valence-electron chi connectivity index (χ2n) is 6.68. The third kappa shape index (κ3) is 3.47. The second-order valence-corrected chi connectivity index (χ2v) is 8.05. The highest BCUT2D eigenvalue weighted by atomic mass is 32.2. The molecule has 2 aliphatic rings. The largest absolute Gasteiger partial charge is 0.455 e. The molecule has 9 nitrogen and oxygen atoms in total. The topological polar surface area (TPSA) is 123 Å². The summed E-state index contributed by atoms with van der Waals surface area (Å²) in [4.78, 5) is 37.8. The van der Waals surface area contributed by atoms with Gasteiger partial charge in [-0.3, -0.25) is 4.79 Å². The third-order valence-corrected chi connectivity index (χ3v) is 6.18. The fourth-order valence-electron chi connectivity index (χ4n) is 3.35. The fourth-order valence-corrected chi connectivity index (χ4v) is 4.73. The van der Waals surface area contributed by atoms with Crippen LogP contribution in [0.15, 0.2) is 24.3 Å². The Labute approximate surface area is 166 Å². The summed E-state index contributed by atoms with van der Waals surface area (Å²) >= 11 is 1.46. The van der Waals surface area contributed by atoms with E-state index in [0.717, 1.165) is 17.0 Å². The minimum atomic E-state index is -0.904. The van der Waals surface area contributed by atoms with Crippen molar-refractivity contribution in [1.29, 1.82) is 0 Å². The number of aromatic nitrogens is 3. The number of hydrogen-bond donors (Lipinski definition) is 2. The molecule has 28 heavy (non-hydrogen) atoms. The predicted molar refractivity (Wildman–Crippen MR) is 105 cm³/mol. The van der Waals surface area contributed by atoms with Crippen LogP contribution in [0, 0.1) is 6.92 Å². The quantitative estimate of drug-likeness (QED) is 0.720. The van der Waals surface area contributed by atoms with Gasteiger partial charge in [0.25, 0.3) is 0 Å². The Balaban J connectivity index is 1.45. The second kappa shape index (κ2) is 7.27. The molecule has 3 heterocycles. The maximum absolute atomic E-state index is 12.7. The van der Waals surface area contributed by atoms with Crippen LogP contribution in [-0.2, 0) is 20.9 Å². The lowest BCUT2D eigenvalue weighted by Gasteiger charge is -2.28. The van der Waals surface area contributed by atoms with Crippen LogP contribution in [0.2, 0.25) is 0 Å². The van der Waals surface area contributed by atoms with Crippen molar-refractivity contribution in [3.8, 4) is 0 Å². The Kier molecular flexibility index (Phi) is 4.80. The molecule has 4 rings (SSSR count). The van der Waals surface area contributed by atoms with Gasteiger partial charge in [0.15, 0.2) is 17.3 Å². The number of nitrogens with one attached hydrogen (secondary N) is 1. The van der Waals surface area contributed by atoms with E-state index in [1.807, 2.05) is 31.2 Å². The predicted octanol–water partition coefficient (Wildman–Crippen LogP) is 1.61. The number of aryl methyl sites for hydroxylation is 1. The molecule has 2 aliphatic heterocycles. The lowest BCUT2D eigenvalue weighted by atomic mass is 10.2. The number of rotatable bonds is 5. The summed E-state index contributed by atoms with van der Waals surface area (Å²) in [6.45, 7) is 2.43. The molecule has 2 fully saturated rings. The first-order chi connectivity index (χ1) is 13.5. The Bertz CT molecular complexity index is 922. The molecule has 0 unspecified atom stereocenters. The number of anilines is 3. The van der Waals surface area contributed by atoms with Crippen LogP contribution in [0.25, 0.3) is 0 Å². The molecule has 1 amide bonds. The summed E-state index contributed by atoms with van der Waals surface area (Å²) < 4.78 is 5.45. The molecule has 0 saturated carbocycles. The van der Waals surface area contributed by atoms with Crippen molar-refractivity contribution in [2.24, 2.45) is 0 Å². The standard InChI is InChI=1S/C18H20N6O3S/c1-11-2-4-12(5-3-11)20-17-22-13(21-16(19)23-17)10-27-15(26)18-7-6-14(25)24(18)8-9-28-18/h2-5H,6-10H2,1H3,(H3,19,20,21,22,23)/t18-/m1/s1. The minimum Gasteiger partial charge on any atom is -0.455 e. The van der Waals surface area contributed by atoms with Gasteiger partial charge in [-0.15, -0.1) is 11.8 Å². The summed E-state index contributed by atoms with van der Waals surface area (Å²) in [7, 11) is 0. The highest BCUT2D eigenvalue weighted by Gasteiger charge is 2.55. The van der Waals surface area contributed by atoms with Gasteiger partial charge in [0.1, 0.15) is 0 Å². The number of ether oxygens (including phenoxy) is 1. The molecular weight excluding hydrogens is 380 g/mol. The molecule has 3 N–H and O–H groups in total. The van der Waals surface area contributed by atoms with Crippen molar-refractivity contribution in [3.63, 3.8) is 0 Å². The lowest BCUT2D eigenvalue weighted by molar-refractivity contribution is -0.154. The van der Waals surface area contributed by atoms with Gasteiger partial charge >= 0.3 is 5.97 Å². The summed E-state index contributed by atoms with van der Waals surface area (Å²) in [5.41, 5.74) is 7.71. The first-order valence-electron chi connectivity index (χ1n) is 8.92. The van der Waals surface area contributed by atoms with E-state index in [0.29, 0.717) is 19.4 Å². The molecule has 0 spiro atoms. The Morgan fingerprint density at radius 3 is 2.89 bits per heavy atom. The van der Waals surface area contributed by atoms with E-state index in [-0.39, 0.29) is 30.2 Å². The normalized spacial score (nSPS) is 20.9. The molecular formula is C18H20N6O3S. The third-order valence-electron chi connectivity index (χ3n) is 4.73. The number of benzene rings is 1. The van der Waals surface area contributed by atoms with E-state index in [4.69, 9.17) is 10.5 Å². The molecule has 1 atom stereocenters. The van der Waals surface area contributed by atoms with Gasteiger partial charge in [0.05, 0.1) is 0 Å². The van der Waals surface area contributed by atoms with Crippen LogP contribution in [0.1, 0.15) is 24.2 Å². The average molecular weight is 400 g/mol. The van der Waals surface area contributed by atoms with E-state index in [1.54, 1.807) is 4.90 Å². The number of amides is 1. The average Bonchev–Trinajstić information content (AvgIpc) is 3.23. The zero-order valence-corrected chi connectivity index (χ0v) is 16.2. The number of hydrogen-bond acceptors (Lipinski definition) is 9. The molecule has 0 aliphatic carbocycles. The zero-order valence-electron chi connectivity index (χ0n) is 15.3. The number of nitrogen functional groups attached to an aromatic ring is 1. The van der Waals surface area contributed by atoms with Crippen LogP contribution in [0.3, 0.4) is 0 Å². The van der Waals surface area contributed by atoms with E-state index in [2.05, 4.69) is 20.3 Å². The van der Waals surface area contributed by atoms with Crippen molar-refractivity contribution >= 4 is 41.2 Å². The van der Waals surface area contributed by atoms with Gasteiger partial charge in [-0.25, -0.2) is 4.79 Å². The first-order valence-corrected chi connectivity index (χ1v) is 9.91. The minimum absolute atomic E-state index is 0.00376. The summed E-state index contributed by atoms with van der Waals surface area (Å²) in [5.74, 6) is 0.828. The summed E-state index contributed by atoms with van der Waals surface area (Å²) in [5, 5.41) is 3.06. The highest BCUT2D eigenvalue weighted by molar-refractivity contribution is 8.01. The zero-order chi connectivity index (χ0) is 19.7. The number of nitrogens with zero attached hydrogens (tertiary/aromatic N) is 4. The van der Waals surface area contributed by atoms with Crippen molar-refractivity contribution in [2.45, 2.75) is 31.2 Å². The van der Waals surface area contributed by atoms with E-state index >= 15 is 0 Å².